The number of aromatic nitrogens is 3. The lowest BCUT2D eigenvalue weighted by molar-refractivity contribution is 1.04. The van der Waals surface area contributed by atoms with Crippen LogP contribution in [0.1, 0.15) is 11.4 Å². The second-order valence-electron chi connectivity index (χ2n) is 4.13. The summed E-state index contributed by atoms with van der Waals surface area (Å²) in [4.78, 5) is 7.95. The molecule has 94 valence electrons. The van der Waals surface area contributed by atoms with Gasteiger partial charge < -0.3 is 5.73 Å². The first-order valence-corrected chi connectivity index (χ1v) is 5.76. The normalized spacial score (nSPS) is 10.1. The van der Waals surface area contributed by atoms with E-state index in [-0.39, 0.29) is 11.4 Å². The van der Waals surface area contributed by atoms with Gasteiger partial charge in [-0.3, -0.25) is 9.55 Å². The van der Waals surface area contributed by atoms with Crippen molar-refractivity contribution in [1.29, 1.82) is 10.5 Å². The van der Waals surface area contributed by atoms with Crippen molar-refractivity contribution in [2.75, 3.05) is 5.73 Å². The molecule has 0 aliphatic heterocycles. The van der Waals surface area contributed by atoms with E-state index in [4.69, 9.17) is 11.0 Å². The Bertz CT molecular complexity index is 894. The van der Waals surface area contributed by atoms with Gasteiger partial charge in [0.05, 0.1) is 11.4 Å². The molecule has 2 N–H and O–H groups in total. The number of pyridine rings is 1. The van der Waals surface area contributed by atoms with Gasteiger partial charge in [0.15, 0.2) is 11.4 Å². The second kappa shape index (κ2) is 4.38. The van der Waals surface area contributed by atoms with Crippen LogP contribution in [0, 0.1) is 22.7 Å². The summed E-state index contributed by atoms with van der Waals surface area (Å²) in [5.74, 6) is 0. The van der Waals surface area contributed by atoms with E-state index in [9.17, 15) is 5.26 Å². The molecule has 0 amide bonds. The zero-order chi connectivity index (χ0) is 14.1. The van der Waals surface area contributed by atoms with Crippen LogP contribution in [0.2, 0.25) is 0 Å². The number of hydrogen-bond donors (Lipinski definition) is 1. The minimum absolute atomic E-state index is 0.0849. The fourth-order valence-electron chi connectivity index (χ4n) is 2.11. The van der Waals surface area contributed by atoms with Crippen molar-refractivity contribution in [1.82, 2.24) is 14.5 Å². The molecule has 0 radical (unpaired) electrons. The summed E-state index contributed by atoms with van der Waals surface area (Å²) in [5, 5.41) is 19.9. The molecule has 3 aromatic rings. The highest BCUT2D eigenvalue weighted by atomic mass is 15.1. The molecule has 0 bridgehead atoms. The van der Waals surface area contributed by atoms with Crippen molar-refractivity contribution in [2.45, 2.75) is 0 Å². The number of fused-ring (bicyclic) bond motifs is 1. The summed E-state index contributed by atoms with van der Waals surface area (Å²) in [7, 11) is 0. The van der Waals surface area contributed by atoms with Crippen LogP contribution < -0.4 is 5.73 Å². The summed E-state index contributed by atoms with van der Waals surface area (Å²) in [6.45, 7) is 0. The topological polar surface area (TPSA) is 104 Å². The summed E-state index contributed by atoms with van der Waals surface area (Å²) < 4.78 is 1.52. The molecule has 6 heteroatoms. The molecular weight excluding hydrogens is 252 g/mol. The Morgan fingerprint density at radius 2 is 2.00 bits per heavy atom. The number of nitrogen functional groups attached to an aromatic ring is 1. The van der Waals surface area contributed by atoms with Crippen LogP contribution in [-0.2, 0) is 0 Å². The largest absolute Gasteiger partial charge is 0.397 e. The Morgan fingerprint density at radius 3 is 2.75 bits per heavy atom. The molecule has 6 nitrogen and oxygen atoms in total. The van der Waals surface area contributed by atoms with Gasteiger partial charge in [-0.1, -0.05) is 6.07 Å². The fraction of sp³-hybridized carbons (Fsp3) is 0. The standard InChI is InChI=1S/C14H8N6/c15-5-11-13(6-16)20(8-19-11)12-2-1-9-7-18-4-3-10(9)14(12)17/h1-4,7-8H,17H2. The van der Waals surface area contributed by atoms with Gasteiger partial charge in [-0.05, 0) is 12.1 Å². The Balaban J connectivity index is 2.32. The zero-order valence-corrected chi connectivity index (χ0v) is 10.3. The van der Waals surface area contributed by atoms with Crippen LogP contribution in [0.3, 0.4) is 0 Å². The number of nitriles is 2. The number of benzene rings is 1. The summed E-state index contributed by atoms with van der Waals surface area (Å²) in [6.07, 6.45) is 4.80. The minimum atomic E-state index is 0.0849. The summed E-state index contributed by atoms with van der Waals surface area (Å²) in [6, 6.07) is 9.32. The van der Waals surface area contributed by atoms with E-state index in [2.05, 4.69) is 9.97 Å². The highest BCUT2D eigenvalue weighted by molar-refractivity contribution is 5.96. The SMILES string of the molecule is N#Cc1ncn(-c2ccc3cnccc3c2N)c1C#N. The number of imidazole rings is 1. The molecule has 0 saturated carbocycles. The highest BCUT2D eigenvalue weighted by Crippen LogP contribution is 2.28. The molecule has 2 heterocycles. The van der Waals surface area contributed by atoms with Crippen LogP contribution in [-0.4, -0.2) is 14.5 Å². The first kappa shape index (κ1) is 11.7. The third-order valence-electron chi connectivity index (χ3n) is 3.08. The fourth-order valence-corrected chi connectivity index (χ4v) is 2.11. The van der Waals surface area contributed by atoms with Gasteiger partial charge in [0.25, 0.3) is 0 Å². The third kappa shape index (κ3) is 1.57. The first-order chi connectivity index (χ1) is 9.76. The lowest BCUT2D eigenvalue weighted by Gasteiger charge is -2.10. The maximum Gasteiger partial charge on any atom is 0.177 e. The maximum atomic E-state index is 9.17. The van der Waals surface area contributed by atoms with Crippen LogP contribution >= 0.6 is 0 Å². The van der Waals surface area contributed by atoms with E-state index >= 15 is 0 Å². The van der Waals surface area contributed by atoms with Crippen LogP contribution in [0.5, 0.6) is 0 Å². The van der Waals surface area contributed by atoms with Gasteiger partial charge in [-0.15, -0.1) is 0 Å². The number of nitrogens with zero attached hydrogens (tertiary/aromatic N) is 5. The van der Waals surface area contributed by atoms with E-state index in [0.717, 1.165) is 10.8 Å². The van der Waals surface area contributed by atoms with Crippen molar-refractivity contribution < 1.29 is 0 Å². The Kier molecular flexibility index (Phi) is 2.56. The molecule has 0 saturated heterocycles. The molecule has 1 aromatic carbocycles. The quantitative estimate of drug-likeness (QED) is 0.671. The van der Waals surface area contributed by atoms with Crippen molar-refractivity contribution in [2.24, 2.45) is 0 Å². The van der Waals surface area contributed by atoms with Gasteiger partial charge >= 0.3 is 0 Å². The number of nitrogens with two attached hydrogens (primary N) is 1. The van der Waals surface area contributed by atoms with Crippen molar-refractivity contribution in [3.8, 4) is 17.8 Å². The van der Waals surface area contributed by atoms with Gasteiger partial charge in [-0.25, -0.2) is 4.98 Å². The van der Waals surface area contributed by atoms with E-state index < -0.39 is 0 Å². The first-order valence-electron chi connectivity index (χ1n) is 5.76. The summed E-state index contributed by atoms with van der Waals surface area (Å²) >= 11 is 0. The predicted molar refractivity (Wildman–Crippen MR) is 72.7 cm³/mol. The Hall–Kier alpha value is -3.38. The average molecular weight is 260 g/mol. The van der Waals surface area contributed by atoms with Gasteiger partial charge in [-0.2, -0.15) is 10.5 Å². The van der Waals surface area contributed by atoms with E-state index in [1.165, 1.54) is 10.9 Å². The highest BCUT2D eigenvalue weighted by Gasteiger charge is 2.14. The number of rotatable bonds is 1. The van der Waals surface area contributed by atoms with Crippen molar-refractivity contribution in [3.05, 3.63) is 48.3 Å². The monoisotopic (exact) mass is 260 g/mol. The van der Waals surface area contributed by atoms with E-state index in [1.807, 2.05) is 24.3 Å². The smallest absolute Gasteiger partial charge is 0.177 e. The molecular formula is C14H8N6. The minimum Gasteiger partial charge on any atom is -0.397 e. The second-order valence-corrected chi connectivity index (χ2v) is 4.13. The molecule has 0 aliphatic rings. The maximum absolute atomic E-state index is 9.17. The van der Waals surface area contributed by atoms with Gasteiger partial charge in [0.1, 0.15) is 18.5 Å². The van der Waals surface area contributed by atoms with E-state index in [0.29, 0.717) is 11.4 Å². The lowest BCUT2D eigenvalue weighted by atomic mass is 10.1. The zero-order valence-electron chi connectivity index (χ0n) is 10.3. The van der Waals surface area contributed by atoms with Crippen LogP contribution in [0.25, 0.3) is 16.5 Å². The molecule has 0 atom stereocenters. The summed E-state index contributed by atoms with van der Waals surface area (Å²) in [5.41, 5.74) is 7.55. The molecule has 3 rings (SSSR count). The molecule has 0 fully saturated rings. The molecule has 20 heavy (non-hydrogen) atoms. The molecule has 0 unspecified atom stereocenters. The van der Waals surface area contributed by atoms with Crippen LogP contribution in [0.15, 0.2) is 36.9 Å². The van der Waals surface area contributed by atoms with E-state index in [1.54, 1.807) is 18.5 Å². The van der Waals surface area contributed by atoms with Crippen molar-refractivity contribution >= 4 is 16.5 Å². The van der Waals surface area contributed by atoms with Crippen LogP contribution in [0.4, 0.5) is 5.69 Å². The molecule has 0 aliphatic carbocycles. The lowest BCUT2D eigenvalue weighted by Crippen LogP contribution is -2.02. The molecule has 0 spiro atoms. The number of anilines is 1. The van der Waals surface area contributed by atoms with Gasteiger partial charge in [0.2, 0.25) is 0 Å². The van der Waals surface area contributed by atoms with Gasteiger partial charge in [0, 0.05) is 23.2 Å². The number of hydrogen-bond acceptors (Lipinski definition) is 5. The third-order valence-corrected chi connectivity index (χ3v) is 3.08. The predicted octanol–water partition coefficient (Wildman–Crippen LogP) is 1.75. The van der Waals surface area contributed by atoms with Crippen molar-refractivity contribution in [3.63, 3.8) is 0 Å². The molecule has 2 aromatic heterocycles. The Morgan fingerprint density at radius 1 is 1.15 bits per heavy atom. The Labute approximate surface area is 114 Å². The average Bonchev–Trinajstić information content (AvgIpc) is 2.90.